The van der Waals surface area contributed by atoms with Crippen LogP contribution in [0.5, 0.6) is 0 Å². The van der Waals surface area contributed by atoms with Gasteiger partial charge in [0.1, 0.15) is 5.56 Å². The summed E-state index contributed by atoms with van der Waals surface area (Å²) >= 11 is 0. The summed E-state index contributed by atoms with van der Waals surface area (Å²) in [6.07, 6.45) is 1.76. The standard InChI is InChI=1S/C17H22N4O3/c1-10(2)16-19-14(20-24-16)12-5-4-8-21(9-12)17(23)13-7-6-11(3)18-15(13)22/h6-7,10,12H,4-5,8-9H2,1-3H3,(H,18,22)/t12-/m0/s1. The third-order valence-electron chi connectivity index (χ3n) is 4.31. The highest BCUT2D eigenvalue weighted by molar-refractivity contribution is 5.93. The van der Waals surface area contributed by atoms with Crippen LogP contribution < -0.4 is 5.56 Å². The van der Waals surface area contributed by atoms with Gasteiger partial charge in [0.15, 0.2) is 5.82 Å². The second-order valence-corrected chi connectivity index (χ2v) is 6.62. The molecule has 1 atom stereocenters. The van der Waals surface area contributed by atoms with Crippen LogP contribution in [0.15, 0.2) is 21.5 Å². The molecule has 0 aromatic carbocycles. The molecule has 0 radical (unpaired) electrons. The van der Waals surface area contributed by atoms with Crippen molar-refractivity contribution in [2.45, 2.75) is 45.4 Å². The van der Waals surface area contributed by atoms with E-state index in [-0.39, 0.29) is 28.9 Å². The number of aromatic nitrogens is 3. The van der Waals surface area contributed by atoms with Crippen LogP contribution in [-0.4, -0.2) is 39.0 Å². The normalized spacial score (nSPS) is 18.2. The second-order valence-electron chi connectivity index (χ2n) is 6.62. The smallest absolute Gasteiger partial charge is 0.260 e. The second kappa shape index (κ2) is 6.59. The molecule has 1 fully saturated rings. The van der Waals surface area contributed by atoms with E-state index in [1.807, 2.05) is 13.8 Å². The maximum Gasteiger partial charge on any atom is 0.260 e. The van der Waals surface area contributed by atoms with E-state index in [4.69, 9.17) is 4.52 Å². The molecule has 0 aliphatic carbocycles. The summed E-state index contributed by atoms with van der Waals surface area (Å²) in [6.45, 7) is 6.92. The fourth-order valence-corrected chi connectivity index (χ4v) is 2.93. The average Bonchev–Trinajstić information content (AvgIpc) is 3.05. The van der Waals surface area contributed by atoms with Gasteiger partial charge in [0, 0.05) is 30.6 Å². The van der Waals surface area contributed by atoms with Crippen molar-refractivity contribution in [3.8, 4) is 0 Å². The molecule has 1 N–H and O–H groups in total. The van der Waals surface area contributed by atoms with Crippen LogP contribution in [0, 0.1) is 6.92 Å². The van der Waals surface area contributed by atoms with E-state index in [0.29, 0.717) is 24.8 Å². The van der Waals surface area contributed by atoms with Crippen molar-refractivity contribution in [2.75, 3.05) is 13.1 Å². The van der Waals surface area contributed by atoms with E-state index in [9.17, 15) is 9.59 Å². The van der Waals surface area contributed by atoms with Crippen LogP contribution >= 0.6 is 0 Å². The number of aryl methyl sites for hydroxylation is 1. The van der Waals surface area contributed by atoms with Crippen molar-refractivity contribution in [1.82, 2.24) is 20.0 Å². The number of piperidine rings is 1. The lowest BCUT2D eigenvalue weighted by Gasteiger charge is -2.31. The van der Waals surface area contributed by atoms with E-state index >= 15 is 0 Å². The Morgan fingerprint density at radius 2 is 2.21 bits per heavy atom. The van der Waals surface area contributed by atoms with Gasteiger partial charge in [0.25, 0.3) is 11.5 Å². The minimum atomic E-state index is -0.344. The van der Waals surface area contributed by atoms with Crippen LogP contribution in [0.1, 0.15) is 66.3 Å². The zero-order chi connectivity index (χ0) is 17.3. The van der Waals surface area contributed by atoms with E-state index in [1.54, 1.807) is 24.0 Å². The Labute approximate surface area is 140 Å². The van der Waals surface area contributed by atoms with Gasteiger partial charge in [0.2, 0.25) is 5.89 Å². The van der Waals surface area contributed by atoms with Gasteiger partial charge in [-0.25, -0.2) is 0 Å². The molecular weight excluding hydrogens is 308 g/mol. The highest BCUT2D eigenvalue weighted by Gasteiger charge is 2.29. The Kier molecular flexibility index (Phi) is 4.51. The average molecular weight is 330 g/mol. The van der Waals surface area contributed by atoms with E-state index in [1.165, 1.54) is 0 Å². The predicted molar refractivity (Wildman–Crippen MR) is 88.1 cm³/mol. The van der Waals surface area contributed by atoms with Gasteiger partial charge in [-0.3, -0.25) is 9.59 Å². The minimum Gasteiger partial charge on any atom is -0.339 e. The largest absolute Gasteiger partial charge is 0.339 e. The van der Waals surface area contributed by atoms with Crippen molar-refractivity contribution in [1.29, 1.82) is 0 Å². The summed E-state index contributed by atoms with van der Waals surface area (Å²) in [5.74, 6) is 1.24. The number of nitrogens with zero attached hydrogens (tertiary/aromatic N) is 3. The van der Waals surface area contributed by atoms with Gasteiger partial charge in [-0.05, 0) is 31.9 Å². The Morgan fingerprint density at radius 3 is 2.88 bits per heavy atom. The summed E-state index contributed by atoms with van der Waals surface area (Å²) in [5.41, 5.74) is 0.571. The summed E-state index contributed by atoms with van der Waals surface area (Å²) < 4.78 is 5.27. The quantitative estimate of drug-likeness (QED) is 0.931. The molecule has 1 aliphatic rings. The number of amides is 1. The van der Waals surface area contributed by atoms with E-state index < -0.39 is 0 Å². The third-order valence-corrected chi connectivity index (χ3v) is 4.31. The minimum absolute atomic E-state index is 0.0449. The van der Waals surface area contributed by atoms with Crippen molar-refractivity contribution in [3.63, 3.8) is 0 Å². The number of likely N-dealkylation sites (tertiary alicyclic amines) is 1. The SMILES string of the molecule is Cc1ccc(C(=O)N2CCC[C@H](c3noc(C(C)C)n3)C2)c(=O)[nH]1. The highest BCUT2D eigenvalue weighted by atomic mass is 16.5. The Hall–Kier alpha value is -2.44. The van der Waals surface area contributed by atoms with Crippen LogP contribution in [-0.2, 0) is 0 Å². The summed E-state index contributed by atoms with van der Waals surface area (Å²) in [4.78, 5) is 33.5. The van der Waals surface area contributed by atoms with Crippen LogP contribution in [0.2, 0.25) is 0 Å². The third kappa shape index (κ3) is 3.25. The molecule has 24 heavy (non-hydrogen) atoms. The molecule has 128 valence electrons. The number of carbonyl (C=O) groups is 1. The summed E-state index contributed by atoms with van der Waals surface area (Å²) in [6, 6.07) is 3.33. The molecule has 3 rings (SSSR count). The van der Waals surface area contributed by atoms with Gasteiger partial charge < -0.3 is 14.4 Å². The maximum atomic E-state index is 12.7. The molecule has 0 saturated carbocycles. The molecule has 3 heterocycles. The highest BCUT2D eigenvalue weighted by Crippen LogP contribution is 2.26. The molecule has 1 aliphatic heterocycles. The lowest BCUT2D eigenvalue weighted by molar-refractivity contribution is 0.0701. The molecule has 2 aromatic rings. The van der Waals surface area contributed by atoms with Crippen LogP contribution in [0.3, 0.4) is 0 Å². The fraction of sp³-hybridized carbons (Fsp3) is 0.529. The molecule has 0 bridgehead atoms. The number of pyridine rings is 1. The molecular formula is C17H22N4O3. The van der Waals surface area contributed by atoms with Gasteiger partial charge in [-0.1, -0.05) is 19.0 Å². The summed E-state index contributed by atoms with van der Waals surface area (Å²) in [5, 5.41) is 4.06. The number of carbonyl (C=O) groups excluding carboxylic acids is 1. The van der Waals surface area contributed by atoms with Crippen molar-refractivity contribution in [3.05, 3.63) is 45.5 Å². The molecule has 0 spiro atoms. The topological polar surface area (TPSA) is 92.1 Å². The van der Waals surface area contributed by atoms with Gasteiger partial charge in [0.05, 0.1) is 0 Å². The Morgan fingerprint density at radius 1 is 1.42 bits per heavy atom. The van der Waals surface area contributed by atoms with E-state index in [2.05, 4.69) is 15.1 Å². The van der Waals surface area contributed by atoms with Crippen molar-refractivity contribution >= 4 is 5.91 Å². The first kappa shape index (κ1) is 16.4. The number of rotatable bonds is 3. The number of hydrogen-bond donors (Lipinski definition) is 1. The summed E-state index contributed by atoms with van der Waals surface area (Å²) in [7, 11) is 0. The zero-order valence-electron chi connectivity index (χ0n) is 14.2. The first-order chi connectivity index (χ1) is 11.5. The molecule has 1 saturated heterocycles. The number of aromatic amines is 1. The lowest BCUT2D eigenvalue weighted by atomic mass is 9.96. The van der Waals surface area contributed by atoms with Crippen molar-refractivity contribution < 1.29 is 9.32 Å². The monoisotopic (exact) mass is 330 g/mol. The first-order valence-corrected chi connectivity index (χ1v) is 8.28. The molecule has 2 aromatic heterocycles. The first-order valence-electron chi connectivity index (χ1n) is 8.28. The van der Waals surface area contributed by atoms with Gasteiger partial charge in [-0.15, -0.1) is 0 Å². The molecule has 1 amide bonds. The Balaban J connectivity index is 1.77. The zero-order valence-corrected chi connectivity index (χ0v) is 14.2. The Bertz CT molecular complexity index is 793. The molecule has 7 nitrogen and oxygen atoms in total. The number of hydrogen-bond acceptors (Lipinski definition) is 5. The number of H-pyrrole nitrogens is 1. The molecule has 7 heteroatoms. The van der Waals surface area contributed by atoms with Crippen LogP contribution in [0.25, 0.3) is 0 Å². The lowest BCUT2D eigenvalue weighted by Crippen LogP contribution is -2.41. The maximum absolute atomic E-state index is 12.7. The van der Waals surface area contributed by atoms with Crippen LogP contribution in [0.4, 0.5) is 0 Å². The molecule has 0 unspecified atom stereocenters. The van der Waals surface area contributed by atoms with Gasteiger partial charge in [-0.2, -0.15) is 4.98 Å². The van der Waals surface area contributed by atoms with Crippen molar-refractivity contribution in [2.24, 2.45) is 0 Å². The predicted octanol–water partition coefficient (Wildman–Crippen LogP) is 2.21. The van der Waals surface area contributed by atoms with Gasteiger partial charge >= 0.3 is 0 Å². The van der Waals surface area contributed by atoms with E-state index in [0.717, 1.165) is 18.5 Å². The fourth-order valence-electron chi connectivity index (χ4n) is 2.93. The number of nitrogens with one attached hydrogen (secondary N) is 1.